The van der Waals surface area contributed by atoms with E-state index in [9.17, 15) is 43.7 Å². The van der Waals surface area contributed by atoms with E-state index in [1.54, 1.807) is 6.92 Å². The fraction of sp³-hybridized carbons (Fsp3) is 0.379. The second-order valence-corrected chi connectivity index (χ2v) is 10.2. The summed E-state index contributed by atoms with van der Waals surface area (Å²) in [6.45, 7) is 2.35. The minimum absolute atomic E-state index is 0.0808. The number of carboxylic acids is 3. The summed E-state index contributed by atoms with van der Waals surface area (Å²) in [5.74, 6) is -7.71. The van der Waals surface area contributed by atoms with Gasteiger partial charge in [-0.3, -0.25) is 28.5 Å². The Morgan fingerprint density at radius 2 is 1.53 bits per heavy atom. The standard InChI is InChI=1S/C29H29FN2O11/c1-14-31-23-8-3-16(30)9-22(23)28(40)32(14)17-4-6-18(7-5-17)42-29-21(12-27(38)39)19(10-25(34)35)20(11-26(36)37)24(43-29)13-41-15(2)33/h3-9,19-21,24,29H,10-13H2,1-2H3,(H,34,35)(H,36,37)(H,38,39)/t19-,20+,21+,24-,29-/m1/s1. The van der Waals surface area contributed by atoms with Crippen LogP contribution in [0.5, 0.6) is 5.75 Å². The van der Waals surface area contributed by atoms with Gasteiger partial charge in [-0.25, -0.2) is 9.37 Å². The van der Waals surface area contributed by atoms with Crippen molar-refractivity contribution in [3.05, 3.63) is 64.5 Å². The van der Waals surface area contributed by atoms with E-state index in [-0.39, 0.29) is 11.1 Å². The number of carboxylic acid groups (broad SMARTS) is 3. The van der Waals surface area contributed by atoms with Crippen molar-refractivity contribution < 1.29 is 53.1 Å². The number of carbonyl (C=O) groups excluding carboxylic acids is 1. The van der Waals surface area contributed by atoms with Gasteiger partial charge in [-0.15, -0.1) is 0 Å². The highest BCUT2D eigenvalue weighted by Crippen LogP contribution is 2.42. The van der Waals surface area contributed by atoms with Gasteiger partial charge in [-0.1, -0.05) is 0 Å². The highest BCUT2D eigenvalue weighted by atomic mass is 19.1. The molecule has 0 bridgehead atoms. The quantitative estimate of drug-likeness (QED) is 0.273. The molecule has 3 aromatic rings. The molecule has 2 heterocycles. The third kappa shape index (κ3) is 7.33. The number of esters is 1. The minimum atomic E-state index is -1.35. The summed E-state index contributed by atoms with van der Waals surface area (Å²) in [6.07, 6.45) is -4.19. The van der Waals surface area contributed by atoms with Crippen molar-refractivity contribution >= 4 is 34.8 Å². The van der Waals surface area contributed by atoms with Gasteiger partial charge in [0.25, 0.3) is 5.56 Å². The molecule has 1 saturated heterocycles. The highest BCUT2D eigenvalue weighted by Gasteiger charge is 2.49. The summed E-state index contributed by atoms with van der Waals surface area (Å²) in [7, 11) is 0. The lowest BCUT2D eigenvalue weighted by molar-refractivity contribution is -0.237. The van der Waals surface area contributed by atoms with Crippen LogP contribution >= 0.6 is 0 Å². The van der Waals surface area contributed by atoms with Gasteiger partial charge < -0.3 is 29.5 Å². The van der Waals surface area contributed by atoms with E-state index >= 15 is 0 Å². The molecule has 14 heteroatoms. The lowest BCUT2D eigenvalue weighted by Gasteiger charge is -2.45. The van der Waals surface area contributed by atoms with Crippen LogP contribution in [0.25, 0.3) is 16.6 Å². The molecule has 1 aliphatic rings. The molecule has 1 fully saturated rings. The number of hydrogen-bond acceptors (Lipinski definition) is 9. The summed E-state index contributed by atoms with van der Waals surface area (Å²) >= 11 is 0. The molecule has 3 N–H and O–H groups in total. The molecule has 43 heavy (non-hydrogen) atoms. The zero-order chi connectivity index (χ0) is 31.4. The van der Waals surface area contributed by atoms with E-state index in [2.05, 4.69) is 4.98 Å². The number of nitrogens with zero attached hydrogens (tertiary/aromatic N) is 2. The molecular formula is C29H29FN2O11. The average Bonchev–Trinajstić information content (AvgIpc) is 2.91. The molecule has 0 unspecified atom stereocenters. The van der Waals surface area contributed by atoms with Gasteiger partial charge in [0.2, 0.25) is 6.29 Å². The van der Waals surface area contributed by atoms with Crippen molar-refractivity contribution in [2.75, 3.05) is 6.61 Å². The van der Waals surface area contributed by atoms with E-state index in [4.69, 9.17) is 14.2 Å². The van der Waals surface area contributed by atoms with E-state index in [0.29, 0.717) is 17.0 Å². The first-order valence-corrected chi connectivity index (χ1v) is 13.2. The van der Waals surface area contributed by atoms with Gasteiger partial charge in [0.05, 0.1) is 35.5 Å². The third-order valence-electron chi connectivity index (χ3n) is 7.26. The molecule has 0 spiro atoms. The number of aryl methyl sites for hydroxylation is 1. The van der Waals surface area contributed by atoms with Gasteiger partial charge in [-0.05, 0) is 55.3 Å². The first kappa shape index (κ1) is 31.1. The van der Waals surface area contributed by atoms with Crippen molar-refractivity contribution in [1.82, 2.24) is 9.55 Å². The summed E-state index contributed by atoms with van der Waals surface area (Å²) in [5.41, 5.74) is 0.208. The van der Waals surface area contributed by atoms with Crippen molar-refractivity contribution in [2.45, 2.75) is 45.5 Å². The number of benzene rings is 2. The molecule has 1 aromatic heterocycles. The van der Waals surface area contributed by atoms with Crippen LogP contribution in [0, 0.1) is 30.5 Å². The van der Waals surface area contributed by atoms with E-state index in [1.165, 1.54) is 41.0 Å². The summed E-state index contributed by atoms with van der Waals surface area (Å²) in [5, 5.41) is 28.8. The molecule has 2 aromatic carbocycles. The van der Waals surface area contributed by atoms with Crippen LogP contribution in [0.4, 0.5) is 4.39 Å². The fourth-order valence-electron chi connectivity index (χ4n) is 5.47. The van der Waals surface area contributed by atoms with E-state index < -0.39 is 91.3 Å². The number of rotatable bonds is 11. The van der Waals surface area contributed by atoms with E-state index in [0.717, 1.165) is 13.0 Å². The second-order valence-electron chi connectivity index (χ2n) is 10.2. The Bertz CT molecular complexity index is 1600. The van der Waals surface area contributed by atoms with Crippen LogP contribution in [0.15, 0.2) is 47.3 Å². The maximum absolute atomic E-state index is 13.8. The Kier molecular flexibility index (Phi) is 9.39. The topological polar surface area (TPSA) is 192 Å². The Balaban J connectivity index is 1.68. The Morgan fingerprint density at radius 3 is 2.14 bits per heavy atom. The third-order valence-corrected chi connectivity index (χ3v) is 7.26. The Labute approximate surface area is 243 Å². The maximum Gasteiger partial charge on any atom is 0.303 e. The van der Waals surface area contributed by atoms with Crippen LogP contribution in [0.2, 0.25) is 0 Å². The number of hydrogen-bond donors (Lipinski definition) is 3. The lowest BCUT2D eigenvalue weighted by atomic mass is 9.71. The molecule has 5 atom stereocenters. The molecule has 13 nitrogen and oxygen atoms in total. The van der Waals surface area contributed by atoms with Crippen LogP contribution in [0.1, 0.15) is 32.0 Å². The number of aromatic nitrogens is 2. The molecule has 4 rings (SSSR count). The lowest BCUT2D eigenvalue weighted by Crippen LogP contribution is -2.53. The van der Waals surface area contributed by atoms with Crippen molar-refractivity contribution in [1.29, 1.82) is 0 Å². The van der Waals surface area contributed by atoms with Gasteiger partial charge in [-0.2, -0.15) is 0 Å². The first-order valence-electron chi connectivity index (χ1n) is 13.2. The van der Waals surface area contributed by atoms with Gasteiger partial charge in [0, 0.05) is 25.2 Å². The normalized spacial score (nSPS) is 21.7. The average molecular weight is 601 g/mol. The maximum atomic E-state index is 13.8. The Morgan fingerprint density at radius 1 is 0.930 bits per heavy atom. The number of carbonyl (C=O) groups is 4. The number of ether oxygens (including phenoxy) is 3. The molecule has 0 saturated carbocycles. The largest absolute Gasteiger partial charge is 0.481 e. The molecule has 228 valence electrons. The number of aliphatic carboxylic acids is 3. The first-order chi connectivity index (χ1) is 20.3. The predicted molar refractivity (Wildman–Crippen MR) is 145 cm³/mol. The highest BCUT2D eigenvalue weighted by molar-refractivity contribution is 5.78. The van der Waals surface area contributed by atoms with Crippen LogP contribution in [-0.2, 0) is 28.7 Å². The summed E-state index contributed by atoms with van der Waals surface area (Å²) in [4.78, 5) is 64.3. The molecule has 0 aliphatic carbocycles. The van der Waals surface area contributed by atoms with Crippen LogP contribution in [-0.4, -0.2) is 67.7 Å². The van der Waals surface area contributed by atoms with E-state index in [1.807, 2.05) is 0 Å². The van der Waals surface area contributed by atoms with Crippen molar-refractivity contribution in [2.24, 2.45) is 17.8 Å². The minimum Gasteiger partial charge on any atom is -0.481 e. The number of fused-ring (bicyclic) bond motifs is 1. The SMILES string of the molecule is CC(=O)OC[C@H]1O[C@@H](Oc2ccc(-n3c(C)nc4ccc(F)cc4c3=O)cc2)[C@@H](CC(=O)O)[C@H](CC(=O)O)[C@@H]1CC(=O)O. The number of halogens is 1. The smallest absolute Gasteiger partial charge is 0.303 e. The van der Waals surface area contributed by atoms with Gasteiger partial charge in [0.1, 0.15) is 24.0 Å². The van der Waals surface area contributed by atoms with Gasteiger partial charge >= 0.3 is 23.9 Å². The predicted octanol–water partition coefficient (Wildman–Crippen LogP) is 2.77. The van der Waals surface area contributed by atoms with Crippen LogP contribution < -0.4 is 10.3 Å². The van der Waals surface area contributed by atoms with Crippen molar-refractivity contribution in [3.8, 4) is 11.4 Å². The Hall–Kier alpha value is -4.85. The molecule has 0 radical (unpaired) electrons. The zero-order valence-electron chi connectivity index (χ0n) is 23.1. The van der Waals surface area contributed by atoms with Crippen molar-refractivity contribution in [3.63, 3.8) is 0 Å². The second kappa shape index (κ2) is 13.0. The molecule has 1 aliphatic heterocycles. The fourth-order valence-corrected chi connectivity index (χ4v) is 5.47. The van der Waals surface area contributed by atoms with Gasteiger partial charge in [0.15, 0.2) is 0 Å². The van der Waals surface area contributed by atoms with Crippen LogP contribution in [0.3, 0.4) is 0 Å². The molecular weight excluding hydrogens is 571 g/mol. The zero-order valence-corrected chi connectivity index (χ0v) is 23.1. The molecule has 0 amide bonds. The summed E-state index contributed by atoms with van der Waals surface area (Å²) in [6, 6.07) is 9.68. The summed E-state index contributed by atoms with van der Waals surface area (Å²) < 4.78 is 32.1. The monoisotopic (exact) mass is 600 g/mol.